The van der Waals surface area contributed by atoms with Crippen LogP contribution in [0.5, 0.6) is 0 Å². The van der Waals surface area contributed by atoms with E-state index in [0.717, 1.165) is 11.3 Å². The monoisotopic (exact) mass is 374 g/mol. The molecule has 0 fully saturated rings. The summed E-state index contributed by atoms with van der Waals surface area (Å²) in [7, 11) is 0. The molecule has 0 atom stereocenters. The van der Waals surface area contributed by atoms with E-state index in [1.54, 1.807) is 29.6 Å². The first kappa shape index (κ1) is 19.6. The highest BCUT2D eigenvalue weighted by molar-refractivity contribution is 7.13. The van der Waals surface area contributed by atoms with Gasteiger partial charge in [0, 0.05) is 29.9 Å². The van der Waals surface area contributed by atoms with Gasteiger partial charge in [-0.1, -0.05) is 32.0 Å². The first-order chi connectivity index (χ1) is 12.3. The number of thiazole rings is 1. The number of aliphatic carboxylic acids is 1. The summed E-state index contributed by atoms with van der Waals surface area (Å²) < 4.78 is 0. The van der Waals surface area contributed by atoms with E-state index in [2.05, 4.69) is 10.3 Å². The quantitative estimate of drug-likeness (QED) is 0.747. The highest BCUT2D eigenvalue weighted by atomic mass is 32.1. The number of hydrogen-bond donors (Lipinski definition) is 1. The molecule has 0 saturated heterocycles. The molecule has 7 nitrogen and oxygen atoms in total. The second kappa shape index (κ2) is 9.10. The van der Waals surface area contributed by atoms with Gasteiger partial charge in [0.2, 0.25) is 5.91 Å². The molecule has 2 amide bonds. The molecule has 0 aliphatic carbocycles. The summed E-state index contributed by atoms with van der Waals surface area (Å²) in [5, 5.41) is 15.0. The van der Waals surface area contributed by atoms with E-state index < -0.39 is 5.97 Å². The molecule has 0 aliphatic rings. The average molecular weight is 374 g/mol. The summed E-state index contributed by atoms with van der Waals surface area (Å²) in [6.07, 6.45) is -0.307. The maximum atomic E-state index is 12.7. The van der Waals surface area contributed by atoms with Crippen molar-refractivity contribution in [3.8, 4) is 0 Å². The number of nitrogens with zero attached hydrogens (tertiary/aromatic N) is 2. The van der Waals surface area contributed by atoms with Crippen molar-refractivity contribution in [3.05, 3.63) is 47.0 Å². The summed E-state index contributed by atoms with van der Waals surface area (Å²) >= 11 is 1.13. The molecule has 1 N–H and O–H groups in total. The highest BCUT2D eigenvalue weighted by Gasteiger charge is 2.20. The topological polar surface area (TPSA) is 102 Å². The third kappa shape index (κ3) is 5.96. The third-order valence-corrected chi connectivity index (χ3v) is 4.16. The Kier molecular flexibility index (Phi) is 6.85. The minimum absolute atomic E-state index is 0.110. The first-order valence-electron chi connectivity index (χ1n) is 8.13. The number of carboxylic acids is 1. The van der Waals surface area contributed by atoms with Gasteiger partial charge in [-0.2, -0.15) is 0 Å². The van der Waals surface area contributed by atoms with Crippen LogP contribution >= 0.6 is 11.3 Å². The van der Waals surface area contributed by atoms with Crippen molar-refractivity contribution in [3.63, 3.8) is 0 Å². The van der Waals surface area contributed by atoms with E-state index in [0.29, 0.717) is 22.9 Å². The Hall–Kier alpha value is -2.74. The second-order valence-corrected chi connectivity index (χ2v) is 7.04. The lowest BCUT2D eigenvalue weighted by Crippen LogP contribution is -2.40. The van der Waals surface area contributed by atoms with Gasteiger partial charge in [-0.15, -0.1) is 11.3 Å². The van der Waals surface area contributed by atoms with Crippen LogP contribution in [0.1, 0.15) is 29.9 Å². The van der Waals surface area contributed by atoms with Gasteiger partial charge in [0.25, 0.3) is 5.91 Å². The van der Waals surface area contributed by atoms with E-state index in [-0.39, 0.29) is 30.7 Å². The number of carboxylic acid groups (broad SMARTS) is 1. The predicted octanol–water partition coefficient (Wildman–Crippen LogP) is 1.17. The molecule has 1 aromatic heterocycles. The van der Waals surface area contributed by atoms with Crippen LogP contribution < -0.4 is 10.4 Å². The van der Waals surface area contributed by atoms with E-state index >= 15 is 0 Å². The summed E-state index contributed by atoms with van der Waals surface area (Å²) in [6.45, 7) is 4.27. The lowest BCUT2D eigenvalue weighted by atomic mass is 10.1. The number of nitrogens with one attached hydrogen (secondary N) is 1. The molecule has 0 unspecified atom stereocenters. The average Bonchev–Trinajstić information content (AvgIpc) is 2.99. The molecule has 0 saturated carbocycles. The number of aromatic nitrogens is 1. The fraction of sp³-hybridized carbons (Fsp3) is 0.333. The van der Waals surface area contributed by atoms with Gasteiger partial charge in [0.15, 0.2) is 5.13 Å². The molecule has 2 rings (SSSR count). The fourth-order valence-electron chi connectivity index (χ4n) is 2.35. The van der Waals surface area contributed by atoms with Crippen molar-refractivity contribution >= 4 is 34.3 Å². The minimum Gasteiger partial charge on any atom is -0.550 e. The summed E-state index contributed by atoms with van der Waals surface area (Å²) in [6, 6.07) is 8.79. The van der Waals surface area contributed by atoms with Crippen LogP contribution in [0.25, 0.3) is 0 Å². The van der Waals surface area contributed by atoms with Crippen LogP contribution in [0.15, 0.2) is 35.7 Å². The number of amides is 2. The smallest absolute Gasteiger partial charge is 0.254 e. The first-order valence-corrected chi connectivity index (χ1v) is 9.01. The molecule has 2 aromatic rings. The van der Waals surface area contributed by atoms with E-state index in [9.17, 15) is 19.5 Å². The molecule has 0 bridgehead atoms. The highest BCUT2D eigenvalue weighted by Crippen LogP contribution is 2.16. The zero-order valence-corrected chi connectivity index (χ0v) is 15.4. The van der Waals surface area contributed by atoms with E-state index in [1.807, 2.05) is 19.9 Å². The van der Waals surface area contributed by atoms with E-state index in [4.69, 9.17) is 0 Å². The Balaban J connectivity index is 2.03. The molecule has 0 radical (unpaired) electrons. The third-order valence-electron chi connectivity index (χ3n) is 3.35. The maximum absolute atomic E-state index is 12.7. The molecule has 0 spiro atoms. The van der Waals surface area contributed by atoms with Crippen molar-refractivity contribution < 1.29 is 19.5 Å². The number of benzene rings is 1. The van der Waals surface area contributed by atoms with Gasteiger partial charge in [-0.05, 0) is 18.1 Å². The van der Waals surface area contributed by atoms with Gasteiger partial charge < -0.3 is 20.1 Å². The molecule has 0 aliphatic heterocycles. The molecule has 138 valence electrons. The summed E-state index contributed by atoms with van der Waals surface area (Å²) in [5.74, 6) is -1.63. The molecule has 8 heteroatoms. The Morgan fingerprint density at radius 2 is 1.92 bits per heavy atom. The van der Waals surface area contributed by atoms with Gasteiger partial charge in [0.05, 0.1) is 5.69 Å². The zero-order chi connectivity index (χ0) is 19.1. The molecule has 26 heavy (non-hydrogen) atoms. The van der Waals surface area contributed by atoms with Crippen molar-refractivity contribution in [2.45, 2.75) is 20.3 Å². The van der Waals surface area contributed by atoms with Crippen LogP contribution in [0.4, 0.5) is 5.13 Å². The summed E-state index contributed by atoms with van der Waals surface area (Å²) in [5.41, 5.74) is 0.844. The minimum atomic E-state index is -1.23. The molecular formula is C18H20N3O4S-. The number of anilines is 1. The second-order valence-electron chi connectivity index (χ2n) is 6.19. The Bertz CT molecular complexity index is 774. The Labute approximate surface area is 155 Å². The largest absolute Gasteiger partial charge is 0.550 e. The van der Waals surface area contributed by atoms with Gasteiger partial charge >= 0.3 is 0 Å². The molecular weight excluding hydrogens is 354 g/mol. The van der Waals surface area contributed by atoms with E-state index in [1.165, 1.54) is 4.90 Å². The Morgan fingerprint density at radius 3 is 2.54 bits per heavy atom. The van der Waals surface area contributed by atoms with Crippen molar-refractivity contribution in [2.24, 2.45) is 5.92 Å². The van der Waals surface area contributed by atoms with Crippen molar-refractivity contribution in [1.82, 2.24) is 9.88 Å². The normalized spacial score (nSPS) is 10.6. The zero-order valence-electron chi connectivity index (χ0n) is 14.6. The Morgan fingerprint density at radius 1 is 1.23 bits per heavy atom. The summed E-state index contributed by atoms with van der Waals surface area (Å²) in [4.78, 5) is 41.1. The standard InChI is InChI=1S/C18H21N3O4S/c1-12(2)9-21(17(25)13-6-4-3-5-7-13)10-15(22)20-18-19-14(11-26-18)8-16(23)24/h3-7,11-12H,8-10H2,1-2H3,(H,23,24)(H,19,20,22)/p-1. The van der Waals surface area contributed by atoms with Crippen LogP contribution in [0.3, 0.4) is 0 Å². The van der Waals surface area contributed by atoms with Crippen molar-refractivity contribution in [1.29, 1.82) is 0 Å². The van der Waals surface area contributed by atoms with Gasteiger partial charge in [0.1, 0.15) is 6.54 Å². The number of carbonyl (C=O) groups is 3. The maximum Gasteiger partial charge on any atom is 0.254 e. The SMILES string of the molecule is CC(C)CN(CC(=O)Nc1nc(CC(=O)[O-])cs1)C(=O)c1ccccc1. The fourth-order valence-corrected chi connectivity index (χ4v) is 3.08. The van der Waals surface area contributed by atoms with Crippen LogP contribution in [-0.4, -0.2) is 40.8 Å². The molecule has 1 aromatic carbocycles. The lowest BCUT2D eigenvalue weighted by Gasteiger charge is -2.24. The van der Waals surface area contributed by atoms with Crippen molar-refractivity contribution in [2.75, 3.05) is 18.4 Å². The van der Waals surface area contributed by atoms with Crippen LogP contribution in [0, 0.1) is 5.92 Å². The molecule has 1 heterocycles. The number of rotatable bonds is 8. The van der Waals surface area contributed by atoms with Crippen LogP contribution in [-0.2, 0) is 16.0 Å². The predicted molar refractivity (Wildman–Crippen MR) is 96.6 cm³/mol. The number of hydrogen-bond acceptors (Lipinski definition) is 6. The van der Waals surface area contributed by atoms with Gasteiger partial charge in [-0.3, -0.25) is 9.59 Å². The lowest BCUT2D eigenvalue weighted by molar-refractivity contribution is -0.304. The number of carbonyl (C=O) groups excluding carboxylic acids is 3. The van der Waals surface area contributed by atoms with Crippen LogP contribution in [0.2, 0.25) is 0 Å². The van der Waals surface area contributed by atoms with Gasteiger partial charge in [-0.25, -0.2) is 4.98 Å².